The fourth-order valence-corrected chi connectivity index (χ4v) is 10.7. The molecule has 10 aromatic rings. The number of thiazole rings is 1. The fraction of sp³-hybridized carbons (Fsp3) is 0.127. The standard InChI is InChI=1S/C55H41N3OS/c1-6-33-23-26-46-52(57-54-58(46)45-19-11-12-20-48(45)60-54)50(33)41-30-44-53(59-47-28-31(2)21-25-43(47)55(44,4)5)49(32(41)3)34-22-24-38-35-14-7-8-15-36(35)40-18-13-27-56-51(40)39-17-10-9-16-37(39)42(38)29-34/h7-30H,6H2,1-5H3/i2D3,3D3,6D2. The summed E-state index contributed by atoms with van der Waals surface area (Å²) in [5.41, 5.74) is 12.0. The van der Waals surface area contributed by atoms with Crippen LogP contribution in [0, 0.1) is 13.7 Å². The van der Waals surface area contributed by atoms with Crippen LogP contribution in [0.5, 0.6) is 11.5 Å². The van der Waals surface area contributed by atoms with Crippen molar-refractivity contribution in [3.8, 4) is 78.4 Å². The summed E-state index contributed by atoms with van der Waals surface area (Å²) in [6.45, 7) is 0.312. The van der Waals surface area contributed by atoms with Gasteiger partial charge in [0.15, 0.2) is 4.96 Å². The smallest absolute Gasteiger partial charge is 0.195 e. The highest BCUT2D eigenvalue weighted by Crippen LogP contribution is 2.56. The van der Waals surface area contributed by atoms with Crippen LogP contribution in [0.1, 0.15) is 59.6 Å². The lowest BCUT2D eigenvalue weighted by atomic mass is 9.72. The predicted octanol–water partition coefficient (Wildman–Crippen LogP) is 15.0. The van der Waals surface area contributed by atoms with Crippen LogP contribution in [0.2, 0.25) is 0 Å². The van der Waals surface area contributed by atoms with Crippen molar-refractivity contribution in [1.29, 1.82) is 0 Å². The molecule has 0 radical (unpaired) electrons. The molecule has 12 rings (SSSR count). The average Bonchev–Trinajstić information content (AvgIpc) is 3.86. The van der Waals surface area contributed by atoms with Crippen molar-refractivity contribution < 1.29 is 15.7 Å². The van der Waals surface area contributed by atoms with Gasteiger partial charge in [-0.3, -0.25) is 9.38 Å². The summed E-state index contributed by atoms with van der Waals surface area (Å²) < 4.78 is 82.3. The number of aryl methyl sites for hydroxylation is 2. The molecular formula is C55H41N3OS. The normalized spacial score (nSPS) is 16.1. The van der Waals surface area contributed by atoms with Gasteiger partial charge in [0, 0.05) is 56.0 Å². The van der Waals surface area contributed by atoms with E-state index in [1.165, 1.54) is 18.3 Å². The minimum Gasteiger partial charge on any atom is -0.456 e. The zero-order valence-corrected chi connectivity index (χ0v) is 33.8. The molecule has 5 heteroatoms. The van der Waals surface area contributed by atoms with Crippen LogP contribution in [-0.4, -0.2) is 14.4 Å². The first-order valence-electron chi connectivity index (χ1n) is 24.1. The van der Waals surface area contributed by atoms with Crippen molar-refractivity contribution in [2.75, 3.05) is 0 Å². The fourth-order valence-electron chi connectivity index (χ4n) is 9.69. The average molecular weight is 800 g/mol. The van der Waals surface area contributed by atoms with Crippen molar-refractivity contribution in [3.63, 3.8) is 0 Å². The molecule has 4 heterocycles. The molecule has 4 nitrogen and oxygen atoms in total. The van der Waals surface area contributed by atoms with Gasteiger partial charge in [-0.2, -0.15) is 0 Å². The van der Waals surface area contributed by atoms with Gasteiger partial charge < -0.3 is 4.74 Å². The number of aromatic nitrogens is 3. The molecule has 0 N–H and O–H groups in total. The Balaban J connectivity index is 1.24. The Labute approximate surface area is 364 Å². The highest BCUT2D eigenvalue weighted by Gasteiger charge is 2.38. The molecule has 2 aliphatic rings. The number of fused-ring (bicyclic) bond motifs is 15. The Bertz CT molecular complexity index is 3780. The summed E-state index contributed by atoms with van der Waals surface area (Å²) in [6, 6.07) is 44.9. The van der Waals surface area contributed by atoms with E-state index in [-0.39, 0.29) is 16.9 Å². The quantitative estimate of drug-likeness (QED) is 0.179. The molecule has 0 unspecified atom stereocenters. The van der Waals surface area contributed by atoms with Gasteiger partial charge in [-0.05, 0) is 118 Å². The number of hydrogen-bond donors (Lipinski definition) is 0. The molecule has 0 amide bonds. The Morgan fingerprint density at radius 2 is 1.42 bits per heavy atom. The summed E-state index contributed by atoms with van der Waals surface area (Å²) in [5.74, 6) is 0.611. The summed E-state index contributed by atoms with van der Waals surface area (Å²) >= 11 is 1.52. The van der Waals surface area contributed by atoms with E-state index in [2.05, 4.69) is 34.7 Å². The molecule has 288 valence electrons. The predicted molar refractivity (Wildman–Crippen MR) is 250 cm³/mol. The maximum absolute atomic E-state index is 9.58. The zero-order chi connectivity index (χ0) is 47.2. The highest BCUT2D eigenvalue weighted by molar-refractivity contribution is 7.23. The molecule has 0 fully saturated rings. The monoisotopic (exact) mass is 799 g/mol. The van der Waals surface area contributed by atoms with Crippen molar-refractivity contribution in [1.82, 2.24) is 14.4 Å². The summed E-state index contributed by atoms with van der Waals surface area (Å²) in [4.78, 5) is 10.9. The van der Waals surface area contributed by atoms with E-state index in [9.17, 15) is 6.85 Å². The van der Waals surface area contributed by atoms with Crippen LogP contribution < -0.4 is 4.74 Å². The minimum absolute atomic E-state index is 0.0341. The van der Waals surface area contributed by atoms with Gasteiger partial charge in [0.1, 0.15) is 11.5 Å². The van der Waals surface area contributed by atoms with Crippen molar-refractivity contribution >= 4 is 37.5 Å². The van der Waals surface area contributed by atoms with Gasteiger partial charge in [0.05, 0.1) is 26.9 Å². The van der Waals surface area contributed by atoms with Crippen LogP contribution >= 0.6 is 11.3 Å². The van der Waals surface area contributed by atoms with Gasteiger partial charge >= 0.3 is 0 Å². The third kappa shape index (κ3) is 4.90. The van der Waals surface area contributed by atoms with E-state index >= 15 is 0 Å². The van der Waals surface area contributed by atoms with E-state index in [0.717, 1.165) is 65.9 Å². The van der Waals surface area contributed by atoms with Gasteiger partial charge in [-0.25, -0.2) is 4.98 Å². The molecule has 3 aromatic heterocycles. The van der Waals surface area contributed by atoms with Gasteiger partial charge in [0.2, 0.25) is 0 Å². The van der Waals surface area contributed by atoms with E-state index in [1.54, 1.807) is 30.5 Å². The maximum atomic E-state index is 9.58. The second kappa shape index (κ2) is 12.8. The summed E-state index contributed by atoms with van der Waals surface area (Å²) in [5, 5.41) is 0. The lowest BCUT2D eigenvalue weighted by molar-refractivity contribution is 0.419. The molecule has 0 saturated heterocycles. The Morgan fingerprint density at radius 1 is 0.667 bits per heavy atom. The highest BCUT2D eigenvalue weighted by atomic mass is 32.1. The molecule has 0 spiro atoms. The minimum atomic E-state index is -2.81. The number of para-hydroxylation sites is 1. The van der Waals surface area contributed by atoms with Gasteiger partial charge in [-0.15, -0.1) is 0 Å². The lowest BCUT2D eigenvalue weighted by Gasteiger charge is -2.37. The molecule has 7 aromatic carbocycles. The Morgan fingerprint density at radius 3 is 2.23 bits per heavy atom. The first-order chi connectivity index (χ1) is 32.4. The van der Waals surface area contributed by atoms with Crippen LogP contribution in [0.3, 0.4) is 0 Å². The van der Waals surface area contributed by atoms with E-state index in [0.29, 0.717) is 49.6 Å². The van der Waals surface area contributed by atoms with Crippen molar-refractivity contribution in [3.05, 3.63) is 174 Å². The van der Waals surface area contributed by atoms with E-state index < -0.39 is 25.5 Å². The maximum Gasteiger partial charge on any atom is 0.195 e. The third-order valence-electron chi connectivity index (χ3n) is 12.6. The van der Waals surface area contributed by atoms with E-state index in [4.69, 9.17) is 18.8 Å². The van der Waals surface area contributed by atoms with Crippen LogP contribution in [0.25, 0.3) is 93.1 Å². The van der Waals surface area contributed by atoms with Gasteiger partial charge in [-0.1, -0.05) is 129 Å². The Kier molecular flexibility index (Phi) is 5.95. The van der Waals surface area contributed by atoms with Crippen molar-refractivity contribution in [2.24, 2.45) is 0 Å². The number of ether oxygens (including phenoxy) is 1. The number of hydrogen-bond acceptors (Lipinski definition) is 4. The molecule has 0 bridgehead atoms. The number of pyridine rings is 1. The molecule has 1 aliphatic carbocycles. The van der Waals surface area contributed by atoms with Crippen molar-refractivity contribution in [2.45, 2.75) is 46.3 Å². The molecule has 60 heavy (non-hydrogen) atoms. The SMILES string of the molecule is [2H]C([2H])([2H])c1ccc2c(c1)Oc1c(cc(-c3c(C([2H])([2H])C)ccc4c3nc3sc5ccccc5n34)c(C([2H])([2H])[2H])c1-c1ccc3c(c1)-c1ccccc1-c1ncccc1-c1ccccc1-3)C2(C)C. The topological polar surface area (TPSA) is 39.4 Å². The molecule has 0 saturated carbocycles. The largest absolute Gasteiger partial charge is 0.456 e. The first-order valence-corrected chi connectivity index (χ1v) is 20.9. The first kappa shape index (κ1) is 27.8. The third-order valence-corrected chi connectivity index (χ3v) is 13.6. The van der Waals surface area contributed by atoms with Crippen LogP contribution in [-0.2, 0) is 11.8 Å². The second-order valence-corrected chi connectivity index (χ2v) is 17.2. The van der Waals surface area contributed by atoms with Crippen LogP contribution in [0.15, 0.2) is 146 Å². The summed E-state index contributed by atoms with van der Waals surface area (Å²) in [7, 11) is 0. The summed E-state index contributed by atoms with van der Waals surface area (Å²) in [6.07, 6.45) is -0.134. The van der Waals surface area contributed by atoms with Gasteiger partial charge in [0.25, 0.3) is 0 Å². The molecular weight excluding hydrogens is 751 g/mol. The Hall–Kier alpha value is -6.82. The number of imidazole rings is 1. The molecule has 0 atom stereocenters. The zero-order valence-electron chi connectivity index (χ0n) is 41.0. The number of nitrogens with zero attached hydrogens (tertiary/aromatic N) is 3. The molecule has 1 aliphatic heterocycles. The number of rotatable bonds is 3. The van der Waals surface area contributed by atoms with E-state index in [1.807, 2.05) is 98.8 Å². The van der Waals surface area contributed by atoms with Crippen LogP contribution in [0.4, 0.5) is 0 Å². The number of benzene rings is 7. The lowest BCUT2D eigenvalue weighted by Crippen LogP contribution is -2.25. The second-order valence-electron chi connectivity index (χ2n) is 16.1.